The van der Waals surface area contributed by atoms with Gasteiger partial charge in [-0.3, -0.25) is 9.63 Å². The summed E-state index contributed by atoms with van der Waals surface area (Å²) < 4.78 is 6.16. The molecule has 0 radical (unpaired) electrons. The van der Waals surface area contributed by atoms with Crippen LogP contribution in [-0.2, 0) is 9.63 Å². The van der Waals surface area contributed by atoms with E-state index >= 15 is 0 Å². The molecule has 0 aliphatic rings. The quantitative estimate of drug-likeness (QED) is 0.848. The fourth-order valence-electron chi connectivity index (χ4n) is 1.04. The number of hydrogen-bond donors (Lipinski definition) is 1. The lowest BCUT2D eigenvalue weighted by Gasteiger charge is -2.15. The number of halogens is 2. The third-order valence-electron chi connectivity index (χ3n) is 1.88. The molecule has 1 amide bonds. The summed E-state index contributed by atoms with van der Waals surface area (Å²) in [5.41, 5.74) is 2.28. The minimum atomic E-state index is -0.654. The number of carbonyl (C=O) groups is 1. The molecule has 0 aliphatic carbocycles. The van der Waals surface area contributed by atoms with Gasteiger partial charge in [-0.15, -0.1) is 0 Å². The second-order valence-corrected chi connectivity index (χ2v) is 4.52. The molecule has 1 aromatic rings. The van der Waals surface area contributed by atoms with Gasteiger partial charge in [0.1, 0.15) is 5.75 Å². The molecular formula is C11H13BrClNO3. The van der Waals surface area contributed by atoms with E-state index in [0.29, 0.717) is 21.9 Å². The number of nitrogens with one attached hydrogen (secondary N) is 1. The van der Waals surface area contributed by atoms with Crippen molar-refractivity contribution in [2.45, 2.75) is 20.0 Å². The third-order valence-corrected chi connectivity index (χ3v) is 2.74. The van der Waals surface area contributed by atoms with Crippen molar-refractivity contribution in [3.63, 3.8) is 0 Å². The van der Waals surface area contributed by atoms with Crippen LogP contribution >= 0.6 is 27.5 Å². The van der Waals surface area contributed by atoms with Crippen LogP contribution in [0.4, 0.5) is 0 Å². The minimum absolute atomic E-state index is 0.339. The summed E-state index contributed by atoms with van der Waals surface area (Å²) in [5, 5.41) is 0.593. The minimum Gasteiger partial charge on any atom is -0.480 e. The Bertz CT molecular complexity index is 400. The van der Waals surface area contributed by atoms with Crippen LogP contribution in [0.1, 0.15) is 13.8 Å². The Balaban J connectivity index is 2.61. The van der Waals surface area contributed by atoms with E-state index < -0.39 is 6.10 Å². The second-order valence-electron chi connectivity index (χ2n) is 3.23. The van der Waals surface area contributed by atoms with E-state index in [4.69, 9.17) is 21.2 Å². The zero-order valence-corrected chi connectivity index (χ0v) is 11.8. The zero-order valence-electron chi connectivity index (χ0n) is 9.50. The molecule has 94 valence electrons. The molecule has 0 heterocycles. The number of rotatable bonds is 5. The van der Waals surface area contributed by atoms with E-state index in [1.807, 2.05) is 0 Å². The van der Waals surface area contributed by atoms with Crippen LogP contribution in [0.25, 0.3) is 0 Å². The van der Waals surface area contributed by atoms with Gasteiger partial charge in [0.15, 0.2) is 6.10 Å². The normalized spacial score (nSPS) is 12.0. The number of carbonyl (C=O) groups excluding carboxylic acids is 1. The molecule has 1 atom stereocenters. The Morgan fingerprint density at radius 1 is 1.59 bits per heavy atom. The van der Waals surface area contributed by atoms with Crippen LogP contribution in [0, 0.1) is 0 Å². The summed E-state index contributed by atoms with van der Waals surface area (Å²) in [6, 6.07) is 5.08. The highest BCUT2D eigenvalue weighted by Crippen LogP contribution is 2.28. The number of hydrogen-bond acceptors (Lipinski definition) is 3. The predicted molar refractivity (Wildman–Crippen MR) is 69.0 cm³/mol. The van der Waals surface area contributed by atoms with E-state index in [1.165, 1.54) is 0 Å². The largest absolute Gasteiger partial charge is 0.480 e. The van der Waals surface area contributed by atoms with E-state index in [9.17, 15) is 4.79 Å². The molecule has 17 heavy (non-hydrogen) atoms. The van der Waals surface area contributed by atoms with Gasteiger partial charge < -0.3 is 4.74 Å². The van der Waals surface area contributed by atoms with Gasteiger partial charge in [-0.25, -0.2) is 5.48 Å². The van der Waals surface area contributed by atoms with Crippen LogP contribution in [0.5, 0.6) is 5.75 Å². The number of benzene rings is 1. The maximum Gasteiger partial charge on any atom is 0.284 e. The van der Waals surface area contributed by atoms with Gasteiger partial charge >= 0.3 is 0 Å². The van der Waals surface area contributed by atoms with Crippen LogP contribution in [0.3, 0.4) is 0 Å². The van der Waals surface area contributed by atoms with Crippen LogP contribution in [-0.4, -0.2) is 18.6 Å². The van der Waals surface area contributed by atoms with Gasteiger partial charge in [-0.05, 0) is 48.0 Å². The van der Waals surface area contributed by atoms with Crippen LogP contribution in [0.15, 0.2) is 22.7 Å². The lowest BCUT2D eigenvalue weighted by molar-refractivity contribution is -0.139. The first kappa shape index (κ1) is 14.3. The molecule has 0 bridgehead atoms. The first-order valence-electron chi connectivity index (χ1n) is 5.08. The maximum atomic E-state index is 11.5. The van der Waals surface area contributed by atoms with Crippen molar-refractivity contribution in [1.82, 2.24) is 5.48 Å². The molecule has 0 fully saturated rings. The van der Waals surface area contributed by atoms with E-state index in [1.54, 1.807) is 32.0 Å². The topological polar surface area (TPSA) is 47.6 Å². The Morgan fingerprint density at radius 3 is 2.88 bits per heavy atom. The average Bonchev–Trinajstić information content (AvgIpc) is 2.29. The molecule has 0 aromatic heterocycles. The molecule has 6 heteroatoms. The first-order chi connectivity index (χ1) is 8.04. The van der Waals surface area contributed by atoms with Gasteiger partial charge in [0.2, 0.25) is 0 Å². The molecular weight excluding hydrogens is 309 g/mol. The molecule has 1 N–H and O–H groups in total. The van der Waals surface area contributed by atoms with Crippen LogP contribution in [0.2, 0.25) is 5.02 Å². The second kappa shape index (κ2) is 6.83. The van der Waals surface area contributed by atoms with Crippen molar-refractivity contribution in [2.75, 3.05) is 6.61 Å². The Kier molecular flexibility index (Phi) is 5.74. The SMILES string of the molecule is CCONC(=O)C(C)Oc1ccc(Cl)cc1Br. The lowest BCUT2D eigenvalue weighted by Crippen LogP contribution is -2.36. The summed E-state index contributed by atoms with van der Waals surface area (Å²) in [5.74, 6) is 0.210. The van der Waals surface area contributed by atoms with Crippen molar-refractivity contribution in [2.24, 2.45) is 0 Å². The molecule has 1 aromatic carbocycles. The highest BCUT2D eigenvalue weighted by atomic mass is 79.9. The smallest absolute Gasteiger partial charge is 0.284 e. The molecule has 1 rings (SSSR count). The summed E-state index contributed by atoms with van der Waals surface area (Å²) in [6.07, 6.45) is -0.654. The van der Waals surface area contributed by atoms with Gasteiger partial charge in [0.05, 0.1) is 11.1 Å². The third kappa shape index (κ3) is 4.53. The summed E-state index contributed by atoms with van der Waals surface area (Å²) in [7, 11) is 0. The fourth-order valence-corrected chi connectivity index (χ4v) is 1.82. The van der Waals surface area contributed by atoms with Gasteiger partial charge in [-0.2, -0.15) is 0 Å². The standard InChI is InChI=1S/C11H13BrClNO3/c1-3-16-14-11(15)7(2)17-10-5-4-8(13)6-9(10)12/h4-7H,3H2,1-2H3,(H,14,15). The number of amides is 1. The summed E-state index contributed by atoms with van der Waals surface area (Å²) >= 11 is 9.10. The molecule has 0 spiro atoms. The monoisotopic (exact) mass is 321 g/mol. The summed E-state index contributed by atoms with van der Waals surface area (Å²) in [6.45, 7) is 3.82. The van der Waals surface area contributed by atoms with E-state index in [0.717, 1.165) is 0 Å². The average molecular weight is 323 g/mol. The van der Waals surface area contributed by atoms with E-state index in [2.05, 4.69) is 21.4 Å². The predicted octanol–water partition coefficient (Wildman–Crippen LogP) is 2.94. The van der Waals surface area contributed by atoms with Crippen molar-refractivity contribution >= 4 is 33.4 Å². The summed E-state index contributed by atoms with van der Waals surface area (Å²) in [4.78, 5) is 16.3. The van der Waals surface area contributed by atoms with Crippen LogP contribution < -0.4 is 10.2 Å². The molecule has 0 saturated carbocycles. The fraction of sp³-hybridized carbons (Fsp3) is 0.364. The van der Waals surface area contributed by atoms with Gasteiger partial charge in [0.25, 0.3) is 5.91 Å². The maximum absolute atomic E-state index is 11.5. The molecule has 0 aliphatic heterocycles. The van der Waals surface area contributed by atoms with Crippen molar-refractivity contribution < 1.29 is 14.4 Å². The van der Waals surface area contributed by atoms with Crippen molar-refractivity contribution in [3.05, 3.63) is 27.7 Å². The Morgan fingerprint density at radius 2 is 2.29 bits per heavy atom. The number of hydroxylamine groups is 1. The molecule has 0 saturated heterocycles. The van der Waals surface area contributed by atoms with Crippen molar-refractivity contribution in [1.29, 1.82) is 0 Å². The highest BCUT2D eigenvalue weighted by molar-refractivity contribution is 9.10. The number of ether oxygens (including phenoxy) is 1. The Hall–Kier alpha value is -0.780. The lowest BCUT2D eigenvalue weighted by atomic mass is 10.3. The van der Waals surface area contributed by atoms with Gasteiger partial charge in [-0.1, -0.05) is 11.6 Å². The van der Waals surface area contributed by atoms with E-state index in [-0.39, 0.29) is 5.91 Å². The van der Waals surface area contributed by atoms with Crippen molar-refractivity contribution in [3.8, 4) is 5.75 Å². The molecule has 4 nitrogen and oxygen atoms in total. The first-order valence-corrected chi connectivity index (χ1v) is 6.25. The Labute approximate surface area is 113 Å². The highest BCUT2D eigenvalue weighted by Gasteiger charge is 2.15. The van der Waals surface area contributed by atoms with Gasteiger partial charge in [0, 0.05) is 5.02 Å². The molecule has 1 unspecified atom stereocenters. The zero-order chi connectivity index (χ0) is 12.8.